The molecule has 0 aliphatic heterocycles. The van der Waals surface area contributed by atoms with Crippen LogP contribution in [0.2, 0.25) is 0 Å². The smallest absolute Gasteiger partial charge is 0.00695 e. The lowest BCUT2D eigenvalue weighted by Gasteiger charge is -2.26. The third kappa shape index (κ3) is 4.45. The Morgan fingerprint density at radius 2 is 1.50 bits per heavy atom. The average molecular weight is 197 g/mol. The highest BCUT2D eigenvalue weighted by molar-refractivity contribution is 4.75. The number of hydrogen-bond donors (Lipinski definition) is 1. The highest BCUT2D eigenvalue weighted by atomic mass is 14.6. The molecule has 1 atom stereocenters. The van der Waals surface area contributed by atoms with Crippen molar-refractivity contribution in [2.45, 2.75) is 71.3 Å². The van der Waals surface area contributed by atoms with Crippen molar-refractivity contribution in [1.82, 2.24) is 0 Å². The van der Waals surface area contributed by atoms with E-state index in [9.17, 15) is 0 Å². The van der Waals surface area contributed by atoms with Crippen molar-refractivity contribution in [3.63, 3.8) is 0 Å². The summed E-state index contributed by atoms with van der Waals surface area (Å²) in [5.74, 6) is 1.58. The highest BCUT2D eigenvalue weighted by Crippen LogP contribution is 2.26. The van der Waals surface area contributed by atoms with Gasteiger partial charge in [0.05, 0.1) is 0 Å². The SMILES string of the molecule is CC(C)CC(N)C1CCCCCCC1. The van der Waals surface area contributed by atoms with Crippen molar-refractivity contribution < 1.29 is 0 Å². The summed E-state index contributed by atoms with van der Waals surface area (Å²) >= 11 is 0. The number of rotatable bonds is 3. The monoisotopic (exact) mass is 197 g/mol. The summed E-state index contributed by atoms with van der Waals surface area (Å²) in [4.78, 5) is 0. The molecule has 0 aromatic carbocycles. The Labute approximate surface area is 89.5 Å². The lowest BCUT2D eigenvalue weighted by atomic mass is 9.83. The zero-order chi connectivity index (χ0) is 10.4. The summed E-state index contributed by atoms with van der Waals surface area (Å²) in [6.07, 6.45) is 11.1. The van der Waals surface area contributed by atoms with Crippen LogP contribution >= 0.6 is 0 Å². The van der Waals surface area contributed by atoms with Gasteiger partial charge in [0.15, 0.2) is 0 Å². The first-order valence-corrected chi connectivity index (χ1v) is 6.45. The molecule has 1 nitrogen and oxygen atoms in total. The van der Waals surface area contributed by atoms with Crippen LogP contribution in [-0.2, 0) is 0 Å². The first-order valence-electron chi connectivity index (χ1n) is 6.45. The van der Waals surface area contributed by atoms with E-state index in [1.54, 1.807) is 0 Å². The molecule has 0 spiro atoms. The first-order chi connectivity index (χ1) is 6.70. The second-order valence-corrected chi connectivity index (χ2v) is 5.40. The standard InChI is InChI=1S/C13H27N/c1-11(2)10-13(14)12-8-6-4-3-5-7-9-12/h11-13H,3-10,14H2,1-2H3. The fraction of sp³-hybridized carbons (Fsp3) is 1.00. The van der Waals surface area contributed by atoms with Gasteiger partial charge in [-0.2, -0.15) is 0 Å². The zero-order valence-corrected chi connectivity index (χ0v) is 9.97. The van der Waals surface area contributed by atoms with E-state index in [1.165, 1.54) is 51.4 Å². The van der Waals surface area contributed by atoms with Crippen molar-refractivity contribution in [3.8, 4) is 0 Å². The van der Waals surface area contributed by atoms with Gasteiger partial charge < -0.3 is 5.73 Å². The summed E-state index contributed by atoms with van der Waals surface area (Å²) in [5, 5.41) is 0. The summed E-state index contributed by atoms with van der Waals surface area (Å²) in [5.41, 5.74) is 6.27. The van der Waals surface area contributed by atoms with E-state index in [-0.39, 0.29) is 0 Å². The summed E-state index contributed by atoms with van der Waals surface area (Å²) in [6.45, 7) is 4.56. The first kappa shape index (κ1) is 12.0. The van der Waals surface area contributed by atoms with Crippen LogP contribution in [0.15, 0.2) is 0 Å². The molecule has 1 fully saturated rings. The van der Waals surface area contributed by atoms with Crippen LogP contribution in [0.5, 0.6) is 0 Å². The maximum atomic E-state index is 6.27. The highest BCUT2D eigenvalue weighted by Gasteiger charge is 2.19. The third-order valence-electron chi connectivity index (χ3n) is 3.50. The van der Waals surface area contributed by atoms with E-state index in [4.69, 9.17) is 5.73 Å². The van der Waals surface area contributed by atoms with Gasteiger partial charge in [-0.15, -0.1) is 0 Å². The number of nitrogens with two attached hydrogens (primary N) is 1. The van der Waals surface area contributed by atoms with Gasteiger partial charge in [-0.3, -0.25) is 0 Å². The average Bonchev–Trinajstić information content (AvgIpc) is 2.00. The van der Waals surface area contributed by atoms with E-state index in [2.05, 4.69) is 13.8 Å². The second kappa shape index (κ2) is 6.44. The summed E-state index contributed by atoms with van der Waals surface area (Å²) < 4.78 is 0. The molecule has 84 valence electrons. The van der Waals surface area contributed by atoms with Crippen molar-refractivity contribution in [3.05, 3.63) is 0 Å². The fourth-order valence-electron chi connectivity index (χ4n) is 2.65. The van der Waals surface area contributed by atoms with E-state index >= 15 is 0 Å². The Bertz CT molecular complexity index is 134. The van der Waals surface area contributed by atoms with Gasteiger partial charge >= 0.3 is 0 Å². The molecule has 0 saturated heterocycles. The molecule has 0 amide bonds. The molecule has 1 heteroatoms. The van der Waals surface area contributed by atoms with Gasteiger partial charge in [0.2, 0.25) is 0 Å². The van der Waals surface area contributed by atoms with Gasteiger partial charge in [0.1, 0.15) is 0 Å². The van der Waals surface area contributed by atoms with E-state index < -0.39 is 0 Å². The Morgan fingerprint density at radius 3 is 2.00 bits per heavy atom. The molecule has 0 bridgehead atoms. The maximum Gasteiger partial charge on any atom is 0.00695 e. The van der Waals surface area contributed by atoms with Crippen LogP contribution in [0, 0.1) is 11.8 Å². The Balaban J connectivity index is 2.31. The molecule has 0 radical (unpaired) electrons. The van der Waals surface area contributed by atoms with Crippen molar-refractivity contribution in [1.29, 1.82) is 0 Å². The van der Waals surface area contributed by atoms with Crippen LogP contribution in [0.1, 0.15) is 65.2 Å². The van der Waals surface area contributed by atoms with Crippen LogP contribution in [0.25, 0.3) is 0 Å². The largest absolute Gasteiger partial charge is 0.327 e. The predicted molar refractivity (Wildman–Crippen MR) is 63.2 cm³/mol. The van der Waals surface area contributed by atoms with E-state index in [0.29, 0.717) is 6.04 Å². The second-order valence-electron chi connectivity index (χ2n) is 5.40. The van der Waals surface area contributed by atoms with Gasteiger partial charge in [-0.05, 0) is 31.1 Å². The summed E-state index contributed by atoms with van der Waals surface area (Å²) in [6, 6.07) is 0.466. The molecule has 1 unspecified atom stereocenters. The minimum atomic E-state index is 0.466. The van der Waals surface area contributed by atoms with Gasteiger partial charge in [-0.1, -0.05) is 46.0 Å². The normalized spacial score (nSPS) is 23.1. The maximum absolute atomic E-state index is 6.27. The minimum absolute atomic E-state index is 0.466. The minimum Gasteiger partial charge on any atom is -0.327 e. The molecule has 0 aromatic rings. The molecule has 0 aromatic heterocycles. The molecule has 0 heterocycles. The van der Waals surface area contributed by atoms with Crippen LogP contribution in [0.3, 0.4) is 0 Å². The molecule has 2 N–H and O–H groups in total. The molecule has 1 rings (SSSR count). The lowest BCUT2D eigenvalue weighted by molar-refractivity contribution is 0.294. The van der Waals surface area contributed by atoms with Crippen LogP contribution in [-0.4, -0.2) is 6.04 Å². The van der Waals surface area contributed by atoms with Gasteiger partial charge in [0.25, 0.3) is 0 Å². The summed E-state index contributed by atoms with van der Waals surface area (Å²) in [7, 11) is 0. The zero-order valence-electron chi connectivity index (χ0n) is 9.97. The van der Waals surface area contributed by atoms with Gasteiger partial charge in [0, 0.05) is 6.04 Å². The molecule has 1 saturated carbocycles. The fourth-order valence-corrected chi connectivity index (χ4v) is 2.65. The number of hydrogen-bond acceptors (Lipinski definition) is 1. The Morgan fingerprint density at radius 1 is 1.00 bits per heavy atom. The van der Waals surface area contributed by atoms with Crippen LogP contribution in [0.4, 0.5) is 0 Å². The van der Waals surface area contributed by atoms with Crippen LogP contribution < -0.4 is 5.73 Å². The van der Waals surface area contributed by atoms with Gasteiger partial charge in [-0.25, -0.2) is 0 Å². The molecule has 1 aliphatic rings. The molecule has 1 aliphatic carbocycles. The Hall–Kier alpha value is -0.0400. The van der Waals surface area contributed by atoms with E-state index in [0.717, 1.165) is 11.8 Å². The predicted octanol–water partition coefficient (Wildman–Crippen LogP) is 3.72. The lowest BCUT2D eigenvalue weighted by Crippen LogP contribution is -2.32. The van der Waals surface area contributed by atoms with Crippen molar-refractivity contribution >= 4 is 0 Å². The molecular weight excluding hydrogens is 170 g/mol. The van der Waals surface area contributed by atoms with E-state index in [1.807, 2.05) is 0 Å². The quantitative estimate of drug-likeness (QED) is 0.733. The van der Waals surface area contributed by atoms with Crippen molar-refractivity contribution in [2.75, 3.05) is 0 Å². The third-order valence-corrected chi connectivity index (χ3v) is 3.50. The molecular formula is C13H27N. The topological polar surface area (TPSA) is 26.0 Å². The Kier molecular flexibility index (Phi) is 5.54. The van der Waals surface area contributed by atoms with Crippen molar-refractivity contribution in [2.24, 2.45) is 17.6 Å². The molecule has 14 heavy (non-hydrogen) atoms.